The Hall–Kier alpha value is -3.33. The highest BCUT2D eigenvalue weighted by Crippen LogP contribution is 2.38. The zero-order valence-corrected chi connectivity index (χ0v) is 21.2. The number of rotatable bonds is 3. The Morgan fingerprint density at radius 2 is 1.97 bits per heavy atom. The van der Waals surface area contributed by atoms with E-state index in [4.69, 9.17) is 9.84 Å². The summed E-state index contributed by atoms with van der Waals surface area (Å²) in [5.41, 5.74) is 8.68. The number of hydrogen-bond donors (Lipinski definition) is 1. The molecule has 0 radical (unpaired) electrons. The highest BCUT2D eigenvalue weighted by atomic mass is 16.5. The van der Waals surface area contributed by atoms with Crippen LogP contribution in [-0.2, 0) is 37.7 Å². The van der Waals surface area contributed by atoms with Crippen LogP contribution in [0, 0.1) is 0 Å². The number of aryl methyl sites for hydroxylation is 1. The van der Waals surface area contributed by atoms with Gasteiger partial charge in [-0.1, -0.05) is 18.2 Å². The van der Waals surface area contributed by atoms with Crippen molar-refractivity contribution >= 4 is 11.7 Å². The molecule has 0 saturated carbocycles. The number of fused-ring (bicyclic) bond motifs is 2. The van der Waals surface area contributed by atoms with Gasteiger partial charge >= 0.3 is 6.03 Å². The van der Waals surface area contributed by atoms with Gasteiger partial charge in [0.2, 0.25) is 0 Å². The van der Waals surface area contributed by atoms with E-state index in [9.17, 15) is 4.79 Å². The second-order valence-electron chi connectivity index (χ2n) is 10.1. The number of benzene rings is 1. The van der Waals surface area contributed by atoms with E-state index in [1.165, 1.54) is 27.9 Å². The van der Waals surface area contributed by atoms with Crippen molar-refractivity contribution < 1.29 is 9.53 Å². The van der Waals surface area contributed by atoms with Gasteiger partial charge in [-0.15, -0.1) is 0 Å². The van der Waals surface area contributed by atoms with E-state index >= 15 is 0 Å². The zero-order chi connectivity index (χ0) is 24.6. The molecule has 3 aliphatic rings. The third-order valence-corrected chi connectivity index (χ3v) is 7.92. The fourth-order valence-corrected chi connectivity index (χ4v) is 6.05. The molecule has 0 atom stereocenters. The molecule has 1 saturated heterocycles. The topological polar surface area (TPSA) is 80.5 Å². The van der Waals surface area contributed by atoms with Gasteiger partial charge < -0.3 is 19.9 Å². The molecule has 0 bridgehead atoms. The Kier molecular flexibility index (Phi) is 6.17. The number of amides is 2. The van der Waals surface area contributed by atoms with Crippen LogP contribution >= 0.6 is 0 Å². The average molecular weight is 490 g/mol. The second kappa shape index (κ2) is 9.61. The maximum Gasteiger partial charge on any atom is 0.317 e. The molecule has 3 aromatic rings. The second-order valence-corrected chi connectivity index (χ2v) is 10.1. The highest BCUT2D eigenvalue weighted by Gasteiger charge is 2.32. The van der Waals surface area contributed by atoms with E-state index in [0.717, 1.165) is 69.8 Å². The monoisotopic (exact) mass is 489 g/mol. The van der Waals surface area contributed by atoms with Crippen LogP contribution in [0.1, 0.15) is 47.7 Å². The van der Waals surface area contributed by atoms with Gasteiger partial charge in [0.25, 0.3) is 0 Å². The Labute approximate surface area is 212 Å². The average Bonchev–Trinajstić information content (AvgIpc) is 3.44. The lowest BCUT2D eigenvalue weighted by Crippen LogP contribution is -2.41. The van der Waals surface area contributed by atoms with Gasteiger partial charge in [-0.05, 0) is 36.8 Å². The van der Waals surface area contributed by atoms with Gasteiger partial charge in [0.05, 0.1) is 30.2 Å². The summed E-state index contributed by atoms with van der Waals surface area (Å²) in [6, 6.07) is 6.99. The predicted octanol–water partition coefficient (Wildman–Crippen LogP) is 3.29. The van der Waals surface area contributed by atoms with Crippen LogP contribution in [0.15, 0.2) is 30.6 Å². The van der Waals surface area contributed by atoms with Crippen LogP contribution in [0.5, 0.6) is 0 Å². The van der Waals surface area contributed by atoms with Gasteiger partial charge in [0, 0.05) is 76.4 Å². The number of anilines is 1. The number of urea groups is 1. The molecule has 1 N–H and O–H groups in total. The van der Waals surface area contributed by atoms with E-state index < -0.39 is 0 Å². The summed E-state index contributed by atoms with van der Waals surface area (Å²) in [5.74, 6) is 0. The lowest BCUT2D eigenvalue weighted by Gasteiger charge is -2.30. The van der Waals surface area contributed by atoms with Crippen LogP contribution < -0.4 is 10.2 Å². The van der Waals surface area contributed by atoms with Gasteiger partial charge in [-0.3, -0.25) is 9.36 Å². The predicted molar refractivity (Wildman–Crippen MR) is 138 cm³/mol. The number of nitrogens with zero attached hydrogens (tertiary/aromatic N) is 6. The Bertz CT molecular complexity index is 1260. The summed E-state index contributed by atoms with van der Waals surface area (Å²) in [5, 5.41) is 12.5. The molecule has 0 aliphatic carbocycles. The molecule has 0 unspecified atom stereocenters. The molecule has 1 aromatic carbocycles. The summed E-state index contributed by atoms with van der Waals surface area (Å²) in [6.45, 7) is 4.74. The normalized spacial score (nSPS) is 18.5. The molecule has 36 heavy (non-hydrogen) atoms. The quantitative estimate of drug-likeness (QED) is 0.611. The maximum atomic E-state index is 12.5. The number of hydrogen-bond acceptors (Lipinski definition) is 5. The Balaban J connectivity index is 1.41. The molecule has 190 valence electrons. The molecule has 6 rings (SSSR count). The van der Waals surface area contributed by atoms with Gasteiger partial charge in [-0.2, -0.15) is 10.2 Å². The van der Waals surface area contributed by atoms with E-state index in [2.05, 4.69) is 44.4 Å². The van der Waals surface area contributed by atoms with Gasteiger partial charge in [-0.25, -0.2) is 4.79 Å². The molecular weight excluding hydrogens is 454 g/mol. The molecule has 9 nitrogen and oxygen atoms in total. The number of carbonyl (C=O) groups is 1. The van der Waals surface area contributed by atoms with Gasteiger partial charge in [0.1, 0.15) is 0 Å². The van der Waals surface area contributed by atoms with Crippen LogP contribution in [0.3, 0.4) is 0 Å². The lowest BCUT2D eigenvalue weighted by atomic mass is 9.92. The molecule has 0 spiro atoms. The first-order valence-corrected chi connectivity index (χ1v) is 13.1. The number of nitrogens with one attached hydrogen (secondary N) is 1. The maximum absolute atomic E-state index is 12.5. The molecule has 2 amide bonds. The Morgan fingerprint density at radius 1 is 1.11 bits per heavy atom. The molecule has 3 aliphatic heterocycles. The van der Waals surface area contributed by atoms with Crippen molar-refractivity contribution in [3.8, 4) is 11.3 Å². The SMILES string of the molecule is CNC(=O)N1CCc2c(c(-c3cccc4c3CCCN(c3cnn(C)c3)C4)nn2C2CCOCC2)C1. The minimum atomic E-state index is -0.0237. The van der Waals surface area contributed by atoms with E-state index in [1.807, 2.05) is 22.8 Å². The lowest BCUT2D eigenvalue weighted by molar-refractivity contribution is 0.0651. The first kappa shape index (κ1) is 23.1. The highest BCUT2D eigenvalue weighted by molar-refractivity contribution is 5.76. The molecule has 1 fully saturated rings. The van der Waals surface area contributed by atoms with Crippen molar-refractivity contribution in [1.82, 2.24) is 29.8 Å². The number of carbonyl (C=O) groups excluding carboxylic acids is 1. The first-order chi connectivity index (χ1) is 17.6. The summed E-state index contributed by atoms with van der Waals surface area (Å²) < 4.78 is 9.79. The largest absolute Gasteiger partial charge is 0.381 e. The van der Waals surface area contributed by atoms with Crippen LogP contribution in [-0.4, -0.2) is 63.8 Å². The van der Waals surface area contributed by atoms with Crippen molar-refractivity contribution in [2.24, 2.45) is 7.05 Å². The van der Waals surface area contributed by atoms with Crippen molar-refractivity contribution in [2.45, 2.75) is 51.2 Å². The molecule has 5 heterocycles. The van der Waals surface area contributed by atoms with Crippen molar-refractivity contribution in [3.05, 3.63) is 53.0 Å². The van der Waals surface area contributed by atoms with Gasteiger partial charge in [0.15, 0.2) is 0 Å². The third kappa shape index (κ3) is 4.15. The minimum Gasteiger partial charge on any atom is -0.381 e. The fourth-order valence-electron chi connectivity index (χ4n) is 6.05. The number of aromatic nitrogens is 4. The summed E-state index contributed by atoms with van der Waals surface area (Å²) in [7, 11) is 3.67. The zero-order valence-electron chi connectivity index (χ0n) is 21.2. The molecule has 9 heteroatoms. The summed E-state index contributed by atoms with van der Waals surface area (Å²) in [6.07, 6.45) is 8.94. The summed E-state index contributed by atoms with van der Waals surface area (Å²) in [4.78, 5) is 16.9. The van der Waals surface area contributed by atoms with Crippen molar-refractivity contribution in [3.63, 3.8) is 0 Å². The van der Waals surface area contributed by atoms with Crippen LogP contribution in [0.25, 0.3) is 11.3 Å². The third-order valence-electron chi connectivity index (χ3n) is 7.92. The summed E-state index contributed by atoms with van der Waals surface area (Å²) >= 11 is 0. The minimum absolute atomic E-state index is 0.0237. The number of ether oxygens (including phenoxy) is 1. The first-order valence-electron chi connectivity index (χ1n) is 13.1. The smallest absolute Gasteiger partial charge is 0.317 e. The van der Waals surface area contributed by atoms with E-state index in [0.29, 0.717) is 19.1 Å². The van der Waals surface area contributed by atoms with Crippen LogP contribution in [0.4, 0.5) is 10.5 Å². The van der Waals surface area contributed by atoms with E-state index in [1.54, 1.807) is 7.05 Å². The van der Waals surface area contributed by atoms with Crippen molar-refractivity contribution in [1.29, 1.82) is 0 Å². The fraction of sp³-hybridized carbons (Fsp3) is 0.519. The molecule has 2 aromatic heterocycles. The Morgan fingerprint density at radius 3 is 2.75 bits per heavy atom. The van der Waals surface area contributed by atoms with Crippen LogP contribution in [0.2, 0.25) is 0 Å². The van der Waals surface area contributed by atoms with Crippen molar-refractivity contribution in [2.75, 3.05) is 38.3 Å². The molecular formula is C27H35N7O2. The van der Waals surface area contributed by atoms with E-state index in [-0.39, 0.29) is 6.03 Å². The standard InChI is InChI=1S/C27H35N7O2/c1-28-27(35)33-12-8-25-24(18-33)26(30-34(25)20-9-13-36-14-10-20)23-6-3-5-19-16-32(11-4-7-22(19)23)21-15-29-31(2)17-21/h3,5-6,15,17,20H,4,7-14,16,18H2,1-2H3,(H,28,35).